The van der Waals surface area contributed by atoms with Gasteiger partial charge < -0.3 is 14.4 Å². The topological polar surface area (TPSA) is 86.6 Å². The Kier molecular flexibility index (Phi) is 6.55. The number of hydrogen-bond acceptors (Lipinski definition) is 6. The summed E-state index contributed by atoms with van der Waals surface area (Å²) in [4.78, 5) is 30.7. The molecule has 0 spiro atoms. The Balaban J connectivity index is 1.52. The number of halogens is 3. The van der Waals surface area contributed by atoms with Crippen LogP contribution in [0, 0.1) is 0 Å². The van der Waals surface area contributed by atoms with E-state index in [2.05, 4.69) is 10.1 Å². The smallest absolute Gasteiger partial charge is 0.276 e. The number of aromatic nitrogens is 3. The van der Waals surface area contributed by atoms with Crippen LogP contribution in [0.5, 0.6) is 11.5 Å². The van der Waals surface area contributed by atoms with E-state index in [1.165, 1.54) is 41.1 Å². The Morgan fingerprint density at radius 1 is 1.21 bits per heavy atom. The molecule has 2 aromatic heterocycles. The van der Waals surface area contributed by atoms with Crippen LogP contribution in [0.15, 0.2) is 53.5 Å². The van der Waals surface area contributed by atoms with E-state index in [1.54, 1.807) is 24.3 Å². The summed E-state index contributed by atoms with van der Waals surface area (Å²) in [6.07, 6.45) is -1.29. The van der Waals surface area contributed by atoms with Gasteiger partial charge in [-0.2, -0.15) is 5.10 Å². The van der Waals surface area contributed by atoms with E-state index in [1.807, 2.05) is 0 Å². The second kappa shape index (κ2) is 9.53. The molecule has 33 heavy (non-hydrogen) atoms. The molecule has 1 aliphatic heterocycles. The average molecular weight is 477 g/mol. The van der Waals surface area contributed by atoms with Crippen molar-refractivity contribution < 1.29 is 23.0 Å². The molecule has 11 heteroatoms. The molecule has 0 unspecified atom stereocenters. The van der Waals surface area contributed by atoms with Crippen LogP contribution in [0.1, 0.15) is 16.5 Å². The second-order valence-electron chi connectivity index (χ2n) is 7.26. The third-order valence-electron chi connectivity index (χ3n) is 5.10. The van der Waals surface area contributed by atoms with Crippen molar-refractivity contribution in [1.29, 1.82) is 0 Å². The third kappa shape index (κ3) is 4.80. The van der Waals surface area contributed by atoms with Crippen molar-refractivity contribution in [1.82, 2.24) is 19.7 Å². The van der Waals surface area contributed by atoms with Gasteiger partial charge in [0, 0.05) is 35.9 Å². The molecule has 1 fully saturated rings. The van der Waals surface area contributed by atoms with Crippen molar-refractivity contribution in [2.75, 3.05) is 26.8 Å². The molecule has 172 valence electrons. The number of nitrogens with zero attached hydrogens (tertiary/aromatic N) is 4. The Morgan fingerprint density at radius 2 is 2.00 bits per heavy atom. The first-order chi connectivity index (χ1) is 15.9. The summed E-state index contributed by atoms with van der Waals surface area (Å²) in [5.41, 5.74) is 0.802. The fourth-order valence-corrected chi connectivity index (χ4v) is 3.62. The molecule has 0 aliphatic carbocycles. The van der Waals surface area contributed by atoms with Gasteiger partial charge in [0.2, 0.25) is 0 Å². The van der Waals surface area contributed by atoms with Crippen LogP contribution in [-0.4, -0.2) is 58.8 Å². The maximum atomic E-state index is 12.8. The van der Waals surface area contributed by atoms with Gasteiger partial charge >= 0.3 is 0 Å². The van der Waals surface area contributed by atoms with Crippen LogP contribution in [0.2, 0.25) is 5.02 Å². The number of methoxy groups -OCH3 is 1. The normalized spacial score (nSPS) is 13.7. The lowest BCUT2D eigenvalue weighted by Gasteiger charge is -2.39. The van der Waals surface area contributed by atoms with E-state index in [-0.39, 0.29) is 36.1 Å². The zero-order valence-corrected chi connectivity index (χ0v) is 18.2. The lowest BCUT2D eigenvalue weighted by molar-refractivity contribution is 0.0472. The van der Waals surface area contributed by atoms with Gasteiger partial charge in [0.25, 0.3) is 17.9 Å². The standard InChI is InChI=1S/C22H19ClF2N4O4/c1-32-18-9-13(23)4-5-15(18)16-6-7-20(30)29(27-16)14-10-28(11-14)22(31)21-17(3-2-8-26-21)33-12-19(24)25/h2-9,14,19H,10-12H2,1H3. The first-order valence-corrected chi connectivity index (χ1v) is 10.3. The first kappa shape index (κ1) is 22.7. The molecule has 1 aromatic carbocycles. The molecule has 0 radical (unpaired) electrons. The molecule has 3 heterocycles. The van der Waals surface area contributed by atoms with Crippen LogP contribution in [-0.2, 0) is 0 Å². The maximum absolute atomic E-state index is 12.8. The zero-order valence-electron chi connectivity index (χ0n) is 17.5. The highest BCUT2D eigenvalue weighted by Gasteiger charge is 2.35. The van der Waals surface area contributed by atoms with E-state index < -0.39 is 18.9 Å². The molecule has 8 nitrogen and oxygen atoms in total. The van der Waals surface area contributed by atoms with Gasteiger partial charge in [-0.3, -0.25) is 9.59 Å². The Hall–Kier alpha value is -3.53. The van der Waals surface area contributed by atoms with E-state index in [4.69, 9.17) is 21.1 Å². The number of ether oxygens (including phenoxy) is 2. The number of likely N-dealkylation sites (tertiary alicyclic amines) is 1. The second-order valence-corrected chi connectivity index (χ2v) is 7.70. The highest BCUT2D eigenvalue weighted by Crippen LogP contribution is 2.31. The summed E-state index contributed by atoms with van der Waals surface area (Å²) in [7, 11) is 1.51. The van der Waals surface area contributed by atoms with Crippen LogP contribution in [0.4, 0.5) is 8.78 Å². The summed E-state index contributed by atoms with van der Waals surface area (Å²) < 4.78 is 36.7. The fraction of sp³-hybridized carbons (Fsp3) is 0.273. The minimum absolute atomic E-state index is 0.0154. The van der Waals surface area contributed by atoms with Crippen molar-refractivity contribution >= 4 is 17.5 Å². The number of benzene rings is 1. The van der Waals surface area contributed by atoms with Gasteiger partial charge in [-0.05, 0) is 36.4 Å². The number of alkyl halides is 2. The summed E-state index contributed by atoms with van der Waals surface area (Å²) in [5.74, 6) is 0.0233. The van der Waals surface area contributed by atoms with E-state index in [0.717, 1.165) is 0 Å². The minimum atomic E-state index is -2.67. The number of carbonyl (C=O) groups is 1. The minimum Gasteiger partial charge on any atom is -0.496 e. The summed E-state index contributed by atoms with van der Waals surface area (Å²) >= 11 is 6.02. The van der Waals surface area contributed by atoms with Crippen LogP contribution >= 0.6 is 11.6 Å². The van der Waals surface area contributed by atoms with Crippen molar-refractivity contribution in [2.24, 2.45) is 0 Å². The number of rotatable bonds is 7. The third-order valence-corrected chi connectivity index (χ3v) is 5.33. The Labute approximate surface area is 192 Å². The van der Waals surface area contributed by atoms with Crippen LogP contribution < -0.4 is 15.0 Å². The highest BCUT2D eigenvalue weighted by atomic mass is 35.5. The van der Waals surface area contributed by atoms with Gasteiger partial charge in [0.05, 0.1) is 18.8 Å². The molecule has 0 bridgehead atoms. The number of carbonyl (C=O) groups excluding carboxylic acids is 1. The molecule has 3 aromatic rings. The Morgan fingerprint density at radius 3 is 2.73 bits per heavy atom. The quantitative estimate of drug-likeness (QED) is 0.520. The monoisotopic (exact) mass is 476 g/mol. The highest BCUT2D eigenvalue weighted by molar-refractivity contribution is 6.30. The molecule has 1 saturated heterocycles. The van der Waals surface area contributed by atoms with Crippen molar-refractivity contribution in [3.63, 3.8) is 0 Å². The van der Waals surface area contributed by atoms with Gasteiger partial charge in [-0.25, -0.2) is 18.4 Å². The lowest BCUT2D eigenvalue weighted by atomic mass is 10.1. The summed E-state index contributed by atoms with van der Waals surface area (Å²) in [6.45, 7) is -0.426. The van der Waals surface area contributed by atoms with Gasteiger partial charge in [0.15, 0.2) is 11.4 Å². The molecule has 0 N–H and O–H groups in total. The number of hydrogen-bond donors (Lipinski definition) is 0. The van der Waals surface area contributed by atoms with E-state index in [0.29, 0.717) is 22.0 Å². The molecule has 0 atom stereocenters. The summed E-state index contributed by atoms with van der Waals surface area (Å²) in [5, 5.41) is 4.96. The SMILES string of the molecule is COc1cc(Cl)ccc1-c1ccc(=O)n(C2CN(C(=O)c3ncccc3OCC(F)F)C2)n1. The molecular formula is C22H19ClF2N4O4. The average Bonchev–Trinajstić information content (AvgIpc) is 2.78. The summed E-state index contributed by atoms with van der Waals surface area (Å²) in [6, 6.07) is 10.6. The molecule has 1 aliphatic rings. The molecule has 0 saturated carbocycles. The predicted octanol–water partition coefficient (Wildman–Crippen LogP) is 3.31. The van der Waals surface area contributed by atoms with E-state index in [9.17, 15) is 18.4 Å². The molecular weight excluding hydrogens is 458 g/mol. The fourth-order valence-electron chi connectivity index (χ4n) is 3.45. The van der Waals surface area contributed by atoms with Crippen LogP contribution in [0.25, 0.3) is 11.3 Å². The van der Waals surface area contributed by atoms with Crippen molar-refractivity contribution in [3.8, 4) is 22.8 Å². The van der Waals surface area contributed by atoms with E-state index >= 15 is 0 Å². The number of pyridine rings is 1. The maximum Gasteiger partial charge on any atom is 0.276 e. The van der Waals surface area contributed by atoms with Crippen molar-refractivity contribution in [3.05, 3.63) is 69.7 Å². The van der Waals surface area contributed by atoms with Crippen molar-refractivity contribution in [2.45, 2.75) is 12.5 Å². The Bertz CT molecular complexity index is 1230. The molecule has 4 rings (SSSR count). The van der Waals surface area contributed by atoms with Crippen LogP contribution in [0.3, 0.4) is 0 Å². The largest absolute Gasteiger partial charge is 0.496 e. The first-order valence-electron chi connectivity index (χ1n) is 9.96. The van der Waals surface area contributed by atoms with Gasteiger partial charge in [0.1, 0.15) is 12.4 Å². The molecule has 1 amide bonds. The van der Waals surface area contributed by atoms with Gasteiger partial charge in [-0.1, -0.05) is 11.6 Å². The number of amides is 1. The zero-order chi connectivity index (χ0) is 23.5. The van der Waals surface area contributed by atoms with Gasteiger partial charge in [-0.15, -0.1) is 0 Å². The predicted molar refractivity (Wildman–Crippen MR) is 116 cm³/mol. The lowest BCUT2D eigenvalue weighted by Crippen LogP contribution is -2.53.